The standard InChI is InChI=1S/C24H22N2O4/c1-3-29-19-10-7-16(8-11-19)13-23(27)25-18-9-12-21-22(15-18)30-24(26-21)17-5-4-6-20(14-17)28-2/h4-12,14-15H,3,13H2,1-2H3,(H,25,27). The maximum atomic E-state index is 12.4. The Morgan fingerprint density at radius 1 is 1.03 bits per heavy atom. The van der Waals surface area contributed by atoms with Crippen LogP contribution in [0.25, 0.3) is 22.6 Å². The molecule has 0 spiro atoms. The predicted molar refractivity (Wildman–Crippen MR) is 116 cm³/mol. The number of fused-ring (bicyclic) bond motifs is 1. The Bertz CT molecular complexity index is 1170. The summed E-state index contributed by atoms with van der Waals surface area (Å²) in [5.74, 6) is 1.93. The lowest BCUT2D eigenvalue weighted by Crippen LogP contribution is -2.14. The first kappa shape index (κ1) is 19.5. The molecule has 1 heterocycles. The fourth-order valence-electron chi connectivity index (χ4n) is 3.14. The van der Waals surface area contributed by atoms with E-state index in [0.29, 0.717) is 23.8 Å². The second-order valence-corrected chi connectivity index (χ2v) is 6.74. The minimum Gasteiger partial charge on any atom is -0.497 e. The molecule has 0 bridgehead atoms. The molecule has 0 atom stereocenters. The maximum absolute atomic E-state index is 12.4. The molecule has 0 aliphatic heterocycles. The molecule has 1 amide bonds. The van der Waals surface area contributed by atoms with Crippen LogP contribution in [-0.2, 0) is 11.2 Å². The SMILES string of the molecule is CCOc1ccc(CC(=O)Nc2ccc3nc(-c4cccc(OC)c4)oc3c2)cc1. The fourth-order valence-corrected chi connectivity index (χ4v) is 3.14. The van der Waals surface area contributed by atoms with E-state index >= 15 is 0 Å². The minimum absolute atomic E-state index is 0.106. The van der Waals surface area contributed by atoms with Crippen LogP contribution in [-0.4, -0.2) is 24.6 Å². The van der Waals surface area contributed by atoms with Crippen LogP contribution in [0.15, 0.2) is 71.1 Å². The van der Waals surface area contributed by atoms with Crippen molar-refractivity contribution in [2.24, 2.45) is 0 Å². The molecule has 0 radical (unpaired) electrons. The van der Waals surface area contributed by atoms with Crippen LogP contribution in [0.1, 0.15) is 12.5 Å². The second-order valence-electron chi connectivity index (χ2n) is 6.74. The van der Waals surface area contributed by atoms with Crippen LogP contribution < -0.4 is 14.8 Å². The summed E-state index contributed by atoms with van der Waals surface area (Å²) in [4.78, 5) is 16.9. The second kappa shape index (κ2) is 8.69. The van der Waals surface area contributed by atoms with Crippen molar-refractivity contribution in [3.8, 4) is 23.0 Å². The number of nitrogens with one attached hydrogen (secondary N) is 1. The molecule has 3 aromatic carbocycles. The third-order valence-electron chi connectivity index (χ3n) is 4.59. The molecule has 152 valence electrons. The number of rotatable bonds is 7. The topological polar surface area (TPSA) is 73.6 Å². The van der Waals surface area contributed by atoms with Crippen molar-refractivity contribution in [2.75, 3.05) is 19.0 Å². The van der Waals surface area contributed by atoms with Gasteiger partial charge in [-0.25, -0.2) is 4.98 Å². The van der Waals surface area contributed by atoms with Gasteiger partial charge in [-0.3, -0.25) is 4.79 Å². The smallest absolute Gasteiger partial charge is 0.228 e. The first-order chi connectivity index (χ1) is 14.6. The van der Waals surface area contributed by atoms with Gasteiger partial charge in [0.05, 0.1) is 20.1 Å². The van der Waals surface area contributed by atoms with E-state index in [0.717, 1.165) is 28.1 Å². The highest BCUT2D eigenvalue weighted by atomic mass is 16.5. The fraction of sp³-hybridized carbons (Fsp3) is 0.167. The lowest BCUT2D eigenvalue weighted by Gasteiger charge is -2.06. The lowest BCUT2D eigenvalue weighted by molar-refractivity contribution is -0.115. The van der Waals surface area contributed by atoms with Gasteiger partial charge in [-0.15, -0.1) is 0 Å². The monoisotopic (exact) mass is 402 g/mol. The van der Waals surface area contributed by atoms with E-state index in [4.69, 9.17) is 13.9 Å². The number of methoxy groups -OCH3 is 1. The van der Waals surface area contributed by atoms with Crippen LogP contribution in [0.2, 0.25) is 0 Å². The Morgan fingerprint density at radius 2 is 1.87 bits per heavy atom. The van der Waals surface area contributed by atoms with Crippen LogP contribution in [0.5, 0.6) is 11.5 Å². The van der Waals surface area contributed by atoms with Gasteiger partial charge in [0, 0.05) is 17.3 Å². The van der Waals surface area contributed by atoms with Crippen LogP contribution in [0.4, 0.5) is 5.69 Å². The van der Waals surface area contributed by atoms with Gasteiger partial charge in [-0.1, -0.05) is 18.2 Å². The Kier molecular flexibility index (Phi) is 5.66. The first-order valence-electron chi connectivity index (χ1n) is 9.71. The summed E-state index contributed by atoms with van der Waals surface area (Å²) in [6.45, 7) is 2.55. The summed E-state index contributed by atoms with van der Waals surface area (Å²) in [5, 5.41) is 2.91. The zero-order chi connectivity index (χ0) is 20.9. The number of aromatic nitrogens is 1. The number of anilines is 1. The summed E-state index contributed by atoms with van der Waals surface area (Å²) in [7, 11) is 1.62. The molecule has 0 saturated heterocycles. The molecule has 0 aliphatic rings. The molecule has 0 unspecified atom stereocenters. The van der Waals surface area contributed by atoms with E-state index in [1.807, 2.05) is 67.6 Å². The van der Waals surface area contributed by atoms with Crippen molar-refractivity contribution in [1.82, 2.24) is 4.98 Å². The van der Waals surface area contributed by atoms with Crippen LogP contribution in [0.3, 0.4) is 0 Å². The van der Waals surface area contributed by atoms with Crippen molar-refractivity contribution >= 4 is 22.7 Å². The average Bonchev–Trinajstić information content (AvgIpc) is 3.19. The number of carbonyl (C=O) groups excluding carboxylic acids is 1. The maximum Gasteiger partial charge on any atom is 0.228 e. The highest BCUT2D eigenvalue weighted by Crippen LogP contribution is 2.28. The molecular formula is C24H22N2O4. The van der Waals surface area contributed by atoms with Crippen molar-refractivity contribution in [1.29, 1.82) is 0 Å². The number of carbonyl (C=O) groups is 1. The van der Waals surface area contributed by atoms with E-state index in [1.54, 1.807) is 13.2 Å². The summed E-state index contributed by atoms with van der Waals surface area (Å²) < 4.78 is 16.6. The van der Waals surface area contributed by atoms with Gasteiger partial charge >= 0.3 is 0 Å². The lowest BCUT2D eigenvalue weighted by atomic mass is 10.1. The van der Waals surface area contributed by atoms with Crippen molar-refractivity contribution in [3.63, 3.8) is 0 Å². The summed E-state index contributed by atoms with van der Waals surface area (Å²) in [5.41, 5.74) is 3.72. The Labute approximate surface area is 174 Å². The number of ether oxygens (including phenoxy) is 2. The first-order valence-corrected chi connectivity index (χ1v) is 9.71. The molecule has 0 aliphatic carbocycles. The van der Waals surface area contributed by atoms with E-state index in [9.17, 15) is 4.79 Å². The highest BCUT2D eigenvalue weighted by molar-refractivity contribution is 5.94. The van der Waals surface area contributed by atoms with Gasteiger partial charge < -0.3 is 19.2 Å². The van der Waals surface area contributed by atoms with Crippen molar-refractivity contribution in [2.45, 2.75) is 13.3 Å². The quantitative estimate of drug-likeness (QED) is 0.466. The van der Waals surface area contributed by atoms with Crippen molar-refractivity contribution in [3.05, 3.63) is 72.3 Å². The molecule has 6 heteroatoms. The van der Waals surface area contributed by atoms with Gasteiger partial charge in [0.15, 0.2) is 5.58 Å². The van der Waals surface area contributed by atoms with E-state index < -0.39 is 0 Å². The third-order valence-corrected chi connectivity index (χ3v) is 4.59. The average molecular weight is 402 g/mol. The molecule has 0 fully saturated rings. The zero-order valence-corrected chi connectivity index (χ0v) is 16.8. The van der Waals surface area contributed by atoms with Gasteiger partial charge in [0.25, 0.3) is 0 Å². The molecule has 30 heavy (non-hydrogen) atoms. The molecule has 6 nitrogen and oxygen atoms in total. The summed E-state index contributed by atoms with van der Waals surface area (Å²) >= 11 is 0. The number of hydrogen-bond acceptors (Lipinski definition) is 5. The number of nitrogens with zero attached hydrogens (tertiary/aromatic N) is 1. The Morgan fingerprint density at radius 3 is 2.63 bits per heavy atom. The van der Waals surface area contributed by atoms with Crippen LogP contribution in [0, 0.1) is 0 Å². The summed E-state index contributed by atoms with van der Waals surface area (Å²) in [6.07, 6.45) is 0.274. The molecule has 0 saturated carbocycles. The van der Waals surface area contributed by atoms with Gasteiger partial charge in [0.2, 0.25) is 11.8 Å². The van der Waals surface area contributed by atoms with E-state index in [-0.39, 0.29) is 12.3 Å². The van der Waals surface area contributed by atoms with Gasteiger partial charge in [0.1, 0.15) is 17.0 Å². The van der Waals surface area contributed by atoms with E-state index in [2.05, 4.69) is 10.3 Å². The molecule has 1 aromatic heterocycles. The normalized spacial score (nSPS) is 10.7. The largest absolute Gasteiger partial charge is 0.497 e. The molecule has 4 rings (SSSR count). The van der Waals surface area contributed by atoms with E-state index in [1.165, 1.54) is 0 Å². The van der Waals surface area contributed by atoms with Gasteiger partial charge in [-0.05, 0) is 55.0 Å². The number of hydrogen-bond donors (Lipinski definition) is 1. The van der Waals surface area contributed by atoms with Crippen molar-refractivity contribution < 1.29 is 18.7 Å². The Balaban J connectivity index is 1.47. The molecular weight excluding hydrogens is 380 g/mol. The summed E-state index contributed by atoms with van der Waals surface area (Å²) in [6, 6.07) is 20.5. The minimum atomic E-state index is -0.106. The Hall–Kier alpha value is -3.80. The van der Waals surface area contributed by atoms with Gasteiger partial charge in [-0.2, -0.15) is 0 Å². The zero-order valence-electron chi connectivity index (χ0n) is 16.8. The molecule has 4 aromatic rings. The number of benzene rings is 3. The predicted octanol–water partition coefficient (Wildman–Crippen LogP) is 5.08. The highest BCUT2D eigenvalue weighted by Gasteiger charge is 2.11. The number of amides is 1. The number of oxazole rings is 1. The molecule has 1 N–H and O–H groups in total. The van der Waals surface area contributed by atoms with Crippen LogP contribution >= 0.6 is 0 Å². The third kappa shape index (κ3) is 4.43.